The van der Waals surface area contributed by atoms with Crippen molar-refractivity contribution in [2.45, 2.75) is 6.61 Å². The Morgan fingerprint density at radius 1 is 1.21 bits per heavy atom. The second kappa shape index (κ2) is 5.03. The third-order valence-corrected chi connectivity index (χ3v) is 2.89. The number of benzene rings is 1. The highest BCUT2D eigenvalue weighted by Gasteiger charge is 2.07. The first kappa shape index (κ1) is 12.2. The van der Waals surface area contributed by atoms with E-state index in [0.29, 0.717) is 28.4 Å². The predicted octanol–water partition coefficient (Wildman–Crippen LogP) is 3.01. The molecule has 0 spiro atoms. The molecule has 0 amide bonds. The summed E-state index contributed by atoms with van der Waals surface area (Å²) in [5, 5.41) is 5.00. The molecule has 7 heteroatoms. The molecule has 0 bridgehead atoms. The average Bonchev–Trinajstić information content (AvgIpc) is 2.84. The first-order chi connectivity index (χ1) is 9.22. The highest BCUT2D eigenvalue weighted by atomic mass is 35.5. The number of hydrogen-bond acceptors (Lipinski definition) is 4. The second-order valence-electron chi connectivity index (χ2n) is 3.81. The Labute approximate surface area is 118 Å². The molecule has 1 aromatic carbocycles. The van der Waals surface area contributed by atoms with E-state index in [4.69, 9.17) is 27.9 Å². The van der Waals surface area contributed by atoms with E-state index in [1.807, 2.05) is 24.3 Å². The molecule has 96 valence electrons. The molecule has 0 aliphatic carbocycles. The predicted molar refractivity (Wildman–Crippen MR) is 71.6 cm³/mol. The maximum atomic E-state index is 5.92. The minimum atomic E-state index is 0.307. The van der Waals surface area contributed by atoms with Crippen LogP contribution < -0.4 is 4.74 Å². The monoisotopic (exact) mass is 294 g/mol. The van der Waals surface area contributed by atoms with Crippen LogP contribution in [0.1, 0.15) is 5.56 Å². The van der Waals surface area contributed by atoms with Gasteiger partial charge in [-0.2, -0.15) is 19.6 Å². The van der Waals surface area contributed by atoms with Gasteiger partial charge in [-0.05, 0) is 17.7 Å². The van der Waals surface area contributed by atoms with Crippen molar-refractivity contribution in [2.24, 2.45) is 0 Å². The lowest BCUT2D eigenvalue weighted by atomic mass is 10.2. The second-order valence-corrected chi connectivity index (χ2v) is 4.63. The van der Waals surface area contributed by atoms with Crippen LogP contribution in [0.15, 0.2) is 36.7 Å². The van der Waals surface area contributed by atoms with Gasteiger partial charge in [0.05, 0.1) is 0 Å². The van der Waals surface area contributed by atoms with E-state index in [1.165, 1.54) is 10.8 Å². The molecular formula is C12H8Cl2N4O. The van der Waals surface area contributed by atoms with Gasteiger partial charge in [-0.1, -0.05) is 35.3 Å². The van der Waals surface area contributed by atoms with Crippen LogP contribution in [0.3, 0.4) is 0 Å². The zero-order valence-corrected chi connectivity index (χ0v) is 11.1. The zero-order chi connectivity index (χ0) is 13.2. The van der Waals surface area contributed by atoms with Gasteiger partial charge in [0.2, 0.25) is 5.88 Å². The largest absolute Gasteiger partial charge is 0.473 e. The molecule has 0 aliphatic heterocycles. The van der Waals surface area contributed by atoms with Crippen molar-refractivity contribution < 1.29 is 4.74 Å². The zero-order valence-electron chi connectivity index (χ0n) is 9.62. The summed E-state index contributed by atoms with van der Waals surface area (Å²) >= 11 is 11.8. The Balaban J connectivity index is 1.87. The van der Waals surface area contributed by atoms with Gasteiger partial charge in [-0.15, -0.1) is 0 Å². The molecular weight excluding hydrogens is 287 g/mol. The van der Waals surface area contributed by atoms with E-state index in [9.17, 15) is 0 Å². The van der Waals surface area contributed by atoms with Gasteiger partial charge in [0.25, 0.3) is 5.78 Å². The van der Waals surface area contributed by atoms with Crippen molar-refractivity contribution in [1.82, 2.24) is 19.6 Å². The molecule has 19 heavy (non-hydrogen) atoms. The lowest BCUT2D eigenvalue weighted by Crippen LogP contribution is -2.02. The fourth-order valence-corrected chi connectivity index (χ4v) is 2.03. The highest BCUT2D eigenvalue weighted by molar-refractivity contribution is 6.30. The summed E-state index contributed by atoms with van der Waals surface area (Å²) in [5.41, 5.74) is 0.953. The number of nitrogens with zero attached hydrogens (tertiary/aromatic N) is 4. The van der Waals surface area contributed by atoms with E-state index in [-0.39, 0.29) is 0 Å². The molecule has 3 rings (SSSR count). The van der Waals surface area contributed by atoms with Gasteiger partial charge in [0, 0.05) is 11.1 Å². The van der Waals surface area contributed by atoms with Crippen molar-refractivity contribution in [1.29, 1.82) is 0 Å². The van der Waals surface area contributed by atoms with Crippen LogP contribution in [0.4, 0.5) is 0 Å². The highest BCUT2D eigenvalue weighted by Crippen LogP contribution is 2.18. The van der Waals surface area contributed by atoms with Crippen LogP contribution in [-0.2, 0) is 6.61 Å². The number of aromatic nitrogens is 4. The molecule has 3 aromatic rings. The smallest absolute Gasteiger partial charge is 0.256 e. The molecule has 0 aliphatic rings. The van der Waals surface area contributed by atoms with Gasteiger partial charge in [0.15, 0.2) is 0 Å². The topological polar surface area (TPSA) is 52.3 Å². The van der Waals surface area contributed by atoms with E-state index in [0.717, 1.165) is 5.56 Å². The number of ether oxygens (including phenoxy) is 1. The van der Waals surface area contributed by atoms with Crippen molar-refractivity contribution in [3.8, 4) is 5.88 Å². The summed E-state index contributed by atoms with van der Waals surface area (Å²) in [5.74, 6) is 0.876. The molecule has 0 radical (unpaired) electrons. The van der Waals surface area contributed by atoms with Crippen molar-refractivity contribution >= 4 is 29.0 Å². The van der Waals surface area contributed by atoms with Crippen molar-refractivity contribution in [2.75, 3.05) is 0 Å². The number of hydrogen-bond donors (Lipinski definition) is 0. The van der Waals surface area contributed by atoms with Gasteiger partial charge in [-0.25, -0.2) is 0 Å². The minimum absolute atomic E-state index is 0.307. The number of rotatable bonds is 3. The van der Waals surface area contributed by atoms with Crippen LogP contribution in [0.2, 0.25) is 10.2 Å². The van der Waals surface area contributed by atoms with Crippen LogP contribution in [0, 0.1) is 0 Å². The molecule has 0 atom stereocenters. The standard InChI is InChI=1S/C12H8Cl2N4O/c13-9-3-1-2-8(4-9)6-19-11-5-10(14)17-12-15-7-16-18(11)12/h1-5,7H,6H2. The third kappa shape index (κ3) is 2.62. The summed E-state index contributed by atoms with van der Waals surface area (Å²) < 4.78 is 7.16. The van der Waals surface area contributed by atoms with Crippen molar-refractivity contribution in [3.63, 3.8) is 0 Å². The summed E-state index contributed by atoms with van der Waals surface area (Å²) in [7, 11) is 0. The van der Waals surface area contributed by atoms with Gasteiger partial charge >= 0.3 is 0 Å². The lowest BCUT2D eigenvalue weighted by molar-refractivity contribution is 0.285. The Morgan fingerprint density at radius 2 is 2.11 bits per heavy atom. The van der Waals surface area contributed by atoms with E-state index in [1.54, 1.807) is 6.07 Å². The quantitative estimate of drug-likeness (QED) is 0.697. The Hall–Kier alpha value is -1.85. The molecule has 0 unspecified atom stereocenters. The fraction of sp³-hybridized carbons (Fsp3) is 0.0833. The molecule has 2 heterocycles. The number of halogens is 2. The first-order valence-corrected chi connectivity index (χ1v) is 6.21. The Bertz CT molecular complexity index is 729. The first-order valence-electron chi connectivity index (χ1n) is 5.46. The van der Waals surface area contributed by atoms with E-state index < -0.39 is 0 Å². The van der Waals surface area contributed by atoms with Gasteiger partial charge < -0.3 is 4.74 Å². The maximum Gasteiger partial charge on any atom is 0.256 e. The SMILES string of the molecule is Clc1cccc(COc2cc(Cl)nc3ncnn23)c1. The van der Waals surface area contributed by atoms with Crippen LogP contribution in [0.5, 0.6) is 5.88 Å². The minimum Gasteiger partial charge on any atom is -0.473 e. The number of fused-ring (bicyclic) bond motifs is 1. The summed E-state index contributed by atoms with van der Waals surface area (Å²) in [6, 6.07) is 9.03. The average molecular weight is 295 g/mol. The molecule has 0 fully saturated rings. The molecule has 0 saturated carbocycles. The lowest BCUT2D eigenvalue weighted by Gasteiger charge is -2.07. The third-order valence-electron chi connectivity index (χ3n) is 2.46. The molecule has 0 N–H and O–H groups in total. The molecule has 5 nitrogen and oxygen atoms in total. The van der Waals surface area contributed by atoms with Crippen LogP contribution in [-0.4, -0.2) is 19.6 Å². The van der Waals surface area contributed by atoms with E-state index in [2.05, 4.69) is 15.1 Å². The van der Waals surface area contributed by atoms with Crippen LogP contribution in [0.25, 0.3) is 5.78 Å². The van der Waals surface area contributed by atoms with Gasteiger partial charge in [0.1, 0.15) is 18.1 Å². The maximum absolute atomic E-state index is 5.92. The summed E-state index contributed by atoms with van der Waals surface area (Å²) in [6.07, 6.45) is 1.39. The van der Waals surface area contributed by atoms with Crippen molar-refractivity contribution in [3.05, 3.63) is 52.4 Å². The Kier molecular flexibility index (Phi) is 3.23. The molecule has 2 aromatic heterocycles. The Morgan fingerprint density at radius 3 is 2.95 bits per heavy atom. The fourth-order valence-electron chi connectivity index (χ4n) is 1.64. The molecule has 0 saturated heterocycles. The summed E-state index contributed by atoms with van der Waals surface area (Å²) in [6.45, 7) is 0.357. The van der Waals surface area contributed by atoms with E-state index >= 15 is 0 Å². The van der Waals surface area contributed by atoms with Crippen LogP contribution >= 0.6 is 23.2 Å². The summed E-state index contributed by atoms with van der Waals surface area (Å²) in [4.78, 5) is 7.98. The van der Waals surface area contributed by atoms with Gasteiger partial charge in [-0.3, -0.25) is 0 Å². The normalized spacial score (nSPS) is 10.8.